The summed E-state index contributed by atoms with van der Waals surface area (Å²) in [5.41, 5.74) is 1.39. The Bertz CT molecular complexity index is 1140. The van der Waals surface area contributed by atoms with Crippen molar-refractivity contribution in [2.24, 2.45) is 0 Å². The Balaban J connectivity index is 1.62. The average molecular weight is 475 g/mol. The zero-order chi connectivity index (χ0) is 23.4. The predicted octanol–water partition coefficient (Wildman–Crippen LogP) is 5.26. The van der Waals surface area contributed by atoms with E-state index in [1.165, 1.54) is 25.4 Å². The molecule has 4 rings (SSSR count). The van der Waals surface area contributed by atoms with Gasteiger partial charge in [-0.25, -0.2) is 9.97 Å². The molecule has 0 spiro atoms. The van der Waals surface area contributed by atoms with Gasteiger partial charge in [0.25, 0.3) is 5.91 Å². The van der Waals surface area contributed by atoms with E-state index in [-0.39, 0.29) is 16.5 Å². The first kappa shape index (κ1) is 22.7. The summed E-state index contributed by atoms with van der Waals surface area (Å²) in [5, 5.41) is 2.84. The number of carbonyl (C=O) groups is 1. The third kappa shape index (κ3) is 5.31. The summed E-state index contributed by atoms with van der Waals surface area (Å²) in [6, 6.07) is 11.2. The van der Waals surface area contributed by atoms with Gasteiger partial charge < -0.3 is 19.7 Å². The maximum Gasteiger partial charge on any atom is 0.387 e. The highest BCUT2D eigenvalue weighted by molar-refractivity contribution is 6.34. The molecule has 0 aliphatic carbocycles. The lowest BCUT2D eigenvalue weighted by Crippen LogP contribution is -2.23. The van der Waals surface area contributed by atoms with Crippen LogP contribution >= 0.6 is 11.6 Å². The van der Waals surface area contributed by atoms with Gasteiger partial charge in [0.05, 0.1) is 18.3 Å². The third-order valence-corrected chi connectivity index (χ3v) is 5.47. The highest BCUT2D eigenvalue weighted by atomic mass is 35.5. The van der Waals surface area contributed by atoms with Gasteiger partial charge in [-0.2, -0.15) is 8.78 Å². The van der Waals surface area contributed by atoms with Gasteiger partial charge in [-0.05, 0) is 48.7 Å². The van der Waals surface area contributed by atoms with E-state index in [1.54, 1.807) is 30.3 Å². The summed E-state index contributed by atoms with van der Waals surface area (Å²) in [6.07, 6.45) is 3.48. The minimum Gasteiger partial charge on any atom is -0.497 e. The number of nitrogens with one attached hydrogen (secondary N) is 1. The summed E-state index contributed by atoms with van der Waals surface area (Å²) < 4.78 is 35.7. The van der Waals surface area contributed by atoms with Crippen LogP contribution in [0.25, 0.3) is 11.1 Å². The lowest BCUT2D eigenvalue weighted by molar-refractivity contribution is -0.0494. The molecule has 33 heavy (non-hydrogen) atoms. The number of carbonyl (C=O) groups excluding carboxylic acids is 1. The van der Waals surface area contributed by atoms with Crippen molar-refractivity contribution in [3.8, 4) is 22.6 Å². The Morgan fingerprint density at radius 1 is 1.15 bits per heavy atom. The Morgan fingerprint density at radius 2 is 1.88 bits per heavy atom. The quantitative estimate of drug-likeness (QED) is 0.503. The van der Waals surface area contributed by atoms with Gasteiger partial charge in [-0.15, -0.1) is 0 Å². The fraction of sp³-hybridized carbons (Fsp3) is 0.261. The maximum absolute atomic E-state index is 12.9. The van der Waals surface area contributed by atoms with Crippen molar-refractivity contribution in [1.29, 1.82) is 0 Å². The van der Waals surface area contributed by atoms with E-state index in [0.29, 0.717) is 28.5 Å². The topological polar surface area (TPSA) is 76.6 Å². The molecule has 1 aromatic heterocycles. The van der Waals surface area contributed by atoms with E-state index in [1.807, 2.05) is 4.90 Å². The molecule has 3 aromatic rings. The molecule has 2 heterocycles. The average Bonchev–Trinajstić information content (AvgIpc) is 3.35. The van der Waals surface area contributed by atoms with E-state index in [0.717, 1.165) is 25.9 Å². The van der Waals surface area contributed by atoms with Crippen LogP contribution in [0.5, 0.6) is 11.5 Å². The molecule has 0 bridgehead atoms. The number of hydrogen-bond acceptors (Lipinski definition) is 6. The summed E-state index contributed by atoms with van der Waals surface area (Å²) in [4.78, 5) is 23.5. The Hall–Kier alpha value is -3.46. The molecule has 1 aliphatic rings. The molecule has 1 aliphatic heterocycles. The van der Waals surface area contributed by atoms with Crippen LogP contribution in [0.2, 0.25) is 5.02 Å². The van der Waals surface area contributed by atoms with Crippen LogP contribution in [0.15, 0.2) is 48.7 Å². The van der Waals surface area contributed by atoms with Crippen LogP contribution in [0.1, 0.15) is 23.3 Å². The van der Waals surface area contributed by atoms with E-state index < -0.39 is 12.5 Å². The molecule has 1 saturated heterocycles. The Kier molecular flexibility index (Phi) is 6.88. The number of benzene rings is 2. The van der Waals surface area contributed by atoms with Crippen molar-refractivity contribution in [2.45, 2.75) is 19.5 Å². The smallest absolute Gasteiger partial charge is 0.387 e. The van der Waals surface area contributed by atoms with Crippen molar-refractivity contribution in [3.63, 3.8) is 0 Å². The molecule has 2 aromatic carbocycles. The second-order valence-electron chi connectivity index (χ2n) is 7.33. The van der Waals surface area contributed by atoms with E-state index in [2.05, 4.69) is 20.0 Å². The molecule has 1 fully saturated rings. The molecule has 0 atom stereocenters. The number of rotatable bonds is 7. The van der Waals surface area contributed by atoms with Crippen molar-refractivity contribution < 1.29 is 23.0 Å². The van der Waals surface area contributed by atoms with E-state index in [9.17, 15) is 13.6 Å². The molecule has 0 unspecified atom stereocenters. The fourth-order valence-electron chi connectivity index (χ4n) is 3.58. The number of halogens is 3. The highest BCUT2D eigenvalue weighted by Crippen LogP contribution is 2.35. The summed E-state index contributed by atoms with van der Waals surface area (Å²) in [6.45, 7) is -1.36. The highest BCUT2D eigenvalue weighted by Gasteiger charge is 2.20. The normalized spacial score (nSPS) is 13.3. The zero-order valence-electron chi connectivity index (χ0n) is 17.7. The zero-order valence-corrected chi connectivity index (χ0v) is 18.5. The largest absolute Gasteiger partial charge is 0.497 e. The Labute approximate surface area is 194 Å². The first-order valence-corrected chi connectivity index (χ1v) is 10.6. The minimum absolute atomic E-state index is 0.0236. The number of anilines is 2. The monoisotopic (exact) mass is 474 g/mol. The molecular weight excluding hydrogens is 454 g/mol. The second kappa shape index (κ2) is 9.99. The van der Waals surface area contributed by atoms with Gasteiger partial charge in [-0.3, -0.25) is 4.79 Å². The summed E-state index contributed by atoms with van der Waals surface area (Å²) in [5.74, 6) is 0.504. The standard InChI is InChI=1S/C23H21ClF2N4O3/c1-32-16-7-4-14(5-8-16)17-12-15(6-9-19(17)33-22(25)26)28-21(31)20-18(24)13-27-23(29-20)30-10-2-3-11-30/h4-9,12-13,22H,2-3,10-11H2,1H3,(H,28,31). The molecular formula is C23H21ClF2N4O3. The van der Waals surface area contributed by atoms with Crippen molar-refractivity contribution in [3.05, 3.63) is 59.4 Å². The molecule has 1 amide bonds. The van der Waals surface area contributed by atoms with Gasteiger partial charge in [0, 0.05) is 24.3 Å². The van der Waals surface area contributed by atoms with Gasteiger partial charge in [0.15, 0.2) is 5.69 Å². The lowest BCUT2D eigenvalue weighted by atomic mass is 10.0. The molecule has 7 nitrogen and oxygen atoms in total. The van der Waals surface area contributed by atoms with Crippen molar-refractivity contribution in [2.75, 3.05) is 30.4 Å². The van der Waals surface area contributed by atoms with Crippen LogP contribution in [0.4, 0.5) is 20.4 Å². The number of ether oxygens (including phenoxy) is 2. The van der Waals surface area contributed by atoms with Gasteiger partial charge >= 0.3 is 6.61 Å². The van der Waals surface area contributed by atoms with E-state index in [4.69, 9.17) is 16.3 Å². The lowest BCUT2D eigenvalue weighted by Gasteiger charge is -2.16. The molecule has 0 saturated carbocycles. The predicted molar refractivity (Wildman–Crippen MR) is 122 cm³/mol. The number of methoxy groups -OCH3 is 1. The second-order valence-corrected chi connectivity index (χ2v) is 7.74. The number of amides is 1. The first-order chi connectivity index (χ1) is 15.9. The van der Waals surface area contributed by atoms with Crippen molar-refractivity contribution in [1.82, 2.24) is 9.97 Å². The van der Waals surface area contributed by atoms with Crippen LogP contribution in [0, 0.1) is 0 Å². The summed E-state index contributed by atoms with van der Waals surface area (Å²) >= 11 is 6.18. The summed E-state index contributed by atoms with van der Waals surface area (Å²) in [7, 11) is 1.53. The van der Waals surface area contributed by atoms with Crippen molar-refractivity contribution >= 4 is 29.1 Å². The Morgan fingerprint density at radius 3 is 2.55 bits per heavy atom. The van der Waals surface area contributed by atoms with Gasteiger partial charge in [0.2, 0.25) is 5.95 Å². The van der Waals surface area contributed by atoms with Crippen LogP contribution in [-0.2, 0) is 0 Å². The minimum atomic E-state index is -2.99. The molecule has 1 N–H and O–H groups in total. The first-order valence-electron chi connectivity index (χ1n) is 10.3. The van der Waals surface area contributed by atoms with E-state index >= 15 is 0 Å². The SMILES string of the molecule is COc1ccc(-c2cc(NC(=O)c3nc(N4CCCC4)ncc3Cl)ccc2OC(F)F)cc1. The fourth-order valence-corrected chi connectivity index (χ4v) is 3.76. The number of alkyl halides is 2. The molecule has 0 radical (unpaired) electrons. The van der Waals surface area contributed by atoms with Crippen LogP contribution in [-0.4, -0.2) is 42.7 Å². The number of aromatic nitrogens is 2. The maximum atomic E-state index is 12.9. The van der Waals surface area contributed by atoms with Crippen LogP contribution in [0.3, 0.4) is 0 Å². The van der Waals surface area contributed by atoms with Gasteiger partial charge in [0.1, 0.15) is 11.5 Å². The number of nitrogens with zero attached hydrogens (tertiary/aromatic N) is 3. The van der Waals surface area contributed by atoms with Crippen LogP contribution < -0.4 is 19.7 Å². The molecule has 172 valence electrons. The number of hydrogen-bond donors (Lipinski definition) is 1. The molecule has 10 heteroatoms. The third-order valence-electron chi connectivity index (χ3n) is 5.19. The van der Waals surface area contributed by atoms with Gasteiger partial charge in [-0.1, -0.05) is 23.7 Å².